The van der Waals surface area contributed by atoms with E-state index in [1.165, 1.54) is 0 Å². The van der Waals surface area contributed by atoms with Gasteiger partial charge in [0.05, 0.1) is 12.7 Å². The molecule has 72 valence electrons. The van der Waals surface area contributed by atoms with Gasteiger partial charge in [0, 0.05) is 5.41 Å². The molecule has 1 rings (SSSR count). The van der Waals surface area contributed by atoms with Crippen LogP contribution in [0.1, 0.15) is 34.6 Å². The van der Waals surface area contributed by atoms with Gasteiger partial charge in [-0.15, -0.1) is 0 Å². The van der Waals surface area contributed by atoms with Crippen molar-refractivity contribution in [2.75, 3.05) is 6.61 Å². The first-order chi connectivity index (χ1) is 5.41. The molecule has 1 saturated heterocycles. The first-order valence-corrected chi connectivity index (χ1v) is 4.68. The van der Waals surface area contributed by atoms with E-state index >= 15 is 0 Å². The molecule has 0 aromatic carbocycles. The Balaban J connectivity index is 2.46. The van der Waals surface area contributed by atoms with Crippen LogP contribution in [-0.2, 0) is 9.47 Å². The van der Waals surface area contributed by atoms with Gasteiger partial charge in [-0.25, -0.2) is 0 Å². The van der Waals surface area contributed by atoms with Gasteiger partial charge in [-0.3, -0.25) is 0 Å². The molecular weight excluding hydrogens is 152 g/mol. The second-order valence-corrected chi connectivity index (χ2v) is 4.95. The van der Waals surface area contributed by atoms with Gasteiger partial charge in [-0.1, -0.05) is 34.6 Å². The highest BCUT2D eigenvalue weighted by Crippen LogP contribution is 2.30. The number of hydrogen-bond acceptors (Lipinski definition) is 2. The molecule has 0 aromatic rings. The largest absolute Gasteiger partial charge is 0.349 e. The van der Waals surface area contributed by atoms with Gasteiger partial charge in [0.1, 0.15) is 0 Å². The standard InChI is InChI=1S/C10H20O2/c1-7(2)8-6-11-9(12-8)10(3,4)5/h7-9H,6H2,1-5H3. The fraction of sp³-hybridized carbons (Fsp3) is 1.00. The summed E-state index contributed by atoms with van der Waals surface area (Å²) >= 11 is 0. The van der Waals surface area contributed by atoms with Crippen molar-refractivity contribution in [1.82, 2.24) is 0 Å². The normalized spacial score (nSPS) is 31.5. The zero-order valence-electron chi connectivity index (χ0n) is 8.76. The molecule has 12 heavy (non-hydrogen) atoms. The van der Waals surface area contributed by atoms with Crippen LogP contribution in [0.2, 0.25) is 0 Å². The summed E-state index contributed by atoms with van der Waals surface area (Å²) < 4.78 is 11.3. The Hall–Kier alpha value is -0.0800. The maximum atomic E-state index is 5.77. The van der Waals surface area contributed by atoms with E-state index in [-0.39, 0.29) is 17.8 Å². The molecule has 0 radical (unpaired) electrons. The van der Waals surface area contributed by atoms with E-state index in [4.69, 9.17) is 9.47 Å². The Morgan fingerprint density at radius 3 is 2.08 bits per heavy atom. The molecule has 2 atom stereocenters. The van der Waals surface area contributed by atoms with Crippen LogP contribution < -0.4 is 0 Å². The third kappa shape index (κ3) is 2.20. The summed E-state index contributed by atoms with van der Waals surface area (Å²) in [6.45, 7) is 11.5. The summed E-state index contributed by atoms with van der Waals surface area (Å²) in [5.41, 5.74) is 0.101. The zero-order chi connectivity index (χ0) is 9.35. The molecule has 0 aliphatic carbocycles. The van der Waals surface area contributed by atoms with Crippen LogP contribution in [0.3, 0.4) is 0 Å². The van der Waals surface area contributed by atoms with Crippen molar-refractivity contribution < 1.29 is 9.47 Å². The lowest BCUT2D eigenvalue weighted by molar-refractivity contribution is -0.128. The fourth-order valence-electron chi connectivity index (χ4n) is 1.22. The van der Waals surface area contributed by atoms with E-state index in [9.17, 15) is 0 Å². The lowest BCUT2D eigenvalue weighted by atomic mass is 9.96. The summed E-state index contributed by atoms with van der Waals surface area (Å²) in [5, 5.41) is 0. The summed E-state index contributed by atoms with van der Waals surface area (Å²) in [4.78, 5) is 0. The van der Waals surface area contributed by atoms with E-state index in [0.29, 0.717) is 5.92 Å². The number of hydrogen-bond donors (Lipinski definition) is 0. The molecule has 1 fully saturated rings. The third-order valence-corrected chi connectivity index (χ3v) is 2.16. The monoisotopic (exact) mass is 172 g/mol. The Morgan fingerprint density at radius 2 is 1.83 bits per heavy atom. The molecule has 2 heteroatoms. The van der Waals surface area contributed by atoms with Crippen LogP contribution >= 0.6 is 0 Å². The maximum absolute atomic E-state index is 5.77. The van der Waals surface area contributed by atoms with Crippen molar-refractivity contribution >= 4 is 0 Å². The molecule has 1 aliphatic heterocycles. The molecular formula is C10H20O2. The number of rotatable bonds is 1. The van der Waals surface area contributed by atoms with Gasteiger partial charge < -0.3 is 9.47 Å². The quantitative estimate of drug-likeness (QED) is 0.604. The van der Waals surface area contributed by atoms with E-state index in [0.717, 1.165) is 6.61 Å². The van der Waals surface area contributed by atoms with Crippen LogP contribution in [0.15, 0.2) is 0 Å². The van der Waals surface area contributed by atoms with Crippen molar-refractivity contribution in [3.05, 3.63) is 0 Å². The fourth-order valence-corrected chi connectivity index (χ4v) is 1.22. The topological polar surface area (TPSA) is 18.5 Å². The molecule has 0 aromatic heterocycles. The van der Waals surface area contributed by atoms with Crippen molar-refractivity contribution in [3.8, 4) is 0 Å². The van der Waals surface area contributed by atoms with Gasteiger partial charge in [-0.2, -0.15) is 0 Å². The third-order valence-electron chi connectivity index (χ3n) is 2.16. The maximum Gasteiger partial charge on any atom is 0.162 e. The van der Waals surface area contributed by atoms with E-state index < -0.39 is 0 Å². The highest BCUT2D eigenvalue weighted by molar-refractivity contribution is 4.75. The van der Waals surface area contributed by atoms with Crippen LogP contribution in [0, 0.1) is 11.3 Å². The molecule has 0 N–H and O–H groups in total. The molecule has 2 unspecified atom stereocenters. The molecule has 1 heterocycles. The van der Waals surface area contributed by atoms with Crippen LogP contribution in [-0.4, -0.2) is 19.0 Å². The zero-order valence-corrected chi connectivity index (χ0v) is 8.76. The molecule has 1 aliphatic rings. The van der Waals surface area contributed by atoms with Gasteiger partial charge in [0.25, 0.3) is 0 Å². The highest BCUT2D eigenvalue weighted by atomic mass is 16.7. The second kappa shape index (κ2) is 3.35. The van der Waals surface area contributed by atoms with Crippen LogP contribution in [0.4, 0.5) is 0 Å². The van der Waals surface area contributed by atoms with Gasteiger partial charge in [0.2, 0.25) is 0 Å². The van der Waals surface area contributed by atoms with Gasteiger partial charge in [0.15, 0.2) is 6.29 Å². The van der Waals surface area contributed by atoms with E-state index in [2.05, 4.69) is 34.6 Å². The molecule has 0 bridgehead atoms. The Labute approximate surface area is 75.2 Å². The molecule has 0 amide bonds. The predicted molar refractivity (Wildman–Crippen MR) is 48.9 cm³/mol. The first kappa shape index (κ1) is 10.0. The molecule has 0 spiro atoms. The van der Waals surface area contributed by atoms with E-state index in [1.54, 1.807) is 0 Å². The lowest BCUT2D eigenvalue weighted by Gasteiger charge is -2.25. The molecule has 2 nitrogen and oxygen atoms in total. The number of ether oxygens (including phenoxy) is 2. The Bertz CT molecular complexity index is 146. The minimum Gasteiger partial charge on any atom is -0.349 e. The smallest absolute Gasteiger partial charge is 0.162 e. The van der Waals surface area contributed by atoms with Gasteiger partial charge in [-0.05, 0) is 5.92 Å². The summed E-state index contributed by atoms with van der Waals surface area (Å²) in [5.74, 6) is 0.553. The Morgan fingerprint density at radius 1 is 1.25 bits per heavy atom. The lowest BCUT2D eigenvalue weighted by Crippen LogP contribution is -2.28. The first-order valence-electron chi connectivity index (χ1n) is 4.68. The average molecular weight is 172 g/mol. The summed E-state index contributed by atoms with van der Waals surface area (Å²) in [6, 6.07) is 0. The van der Waals surface area contributed by atoms with Crippen molar-refractivity contribution in [1.29, 1.82) is 0 Å². The predicted octanol–water partition coefficient (Wildman–Crippen LogP) is 2.43. The van der Waals surface area contributed by atoms with E-state index in [1.807, 2.05) is 0 Å². The van der Waals surface area contributed by atoms with Crippen molar-refractivity contribution in [2.45, 2.75) is 47.0 Å². The van der Waals surface area contributed by atoms with Crippen LogP contribution in [0.25, 0.3) is 0 Å². The highest BCUT2D eigenvalue weighted by Gasteiger charge is 2.35. The van der Waals surface area contributed by atoms with Crippen molar-refractivity contribution in [2.24, 2.45) is 11.3 Å². The van der Waals surface area contributed by atoms with Gasteiger partial charge >= 0.3 is 0 Å². The summed E-state index contributed by atoms with van der Waals surface area (Å²) in [6.07, 6.45) is 0.263. The average Bonchev–Trinajstić information content (AvgIpc) is 2.30. The summed E-state index contributed by atoms with van der Waals surface area (Å²) in [7, 11) is 0. The van der Waals surface area contributed by atoms with Crippen molar-refractivity contribution in [3.63, 3.8) is 0 Å². The minimum atomic E-state index is -0.0232. The minimum absolute atomic E-state index is 0.0232. The SMILES string of the molecule is CC(C)C1COC(C(C)(C)C)O1. The molecule has 0 saturated carbocycles. The van der Waals surface area contributed by atoms with Crippen LogP contribution in [0.5, 0.6) is 0 Å². The Kier molecular flexibility index (Phi) is 2.79. The second-order valence-electron chi connectivity index (χ2n) is 4.95.